The predicted molar refractivity (Wildman–Crippen MR) is 63.7 cm³/mol. The second-order valence-corrected chi connectivity index (χ2v) is 5.96. The third kappa shape index (κ3) is 5.01. The fraction of sp³-hybridized carbons (Fsp3) is 0.900. The van der Waals surface area contributed by atoms with Crippen molar-refractivity contribution in [3.05, 3.63) is 0 Å². The topological polar surface area (TPSA) is 98.5 Å². The van der Waals surface area contributed by atoms with E-state index >= 15 is 0 Å². The zero-order valence-electron chi connectivity index (χ0n) is 10.0. The van der Waals surface area contributed by atoms with E-state index in [9.17, 15) is 13.2 Å². The lowest BCUT2D eigenvalue weighted by molar-refractivity contribution is -0.126. The van der Waals surface area contributed by atoms with Crippen molar-refractivity contribution >= 4 is 15.9 Å². The first-order valence-electron chi connectivity index (χ1n) is 5.84. The van der Waals surface area contributed by atoms with Crippen LogP contribution in [0.25, 0.3) is 0 Å². The maximum Gasteiger partial charge on any atom is 0.225 e. The lowest BCUT2D eigenvalue weighted by Crippen LogP contribution is -2.36. The number of nitrogens with one attached hydrogen (secondary N) is 1. The molecule has 0 spiro atoms. The Bertz CT molecular complexity index is 355. The molecule has 1 aliphatic heterocycles. The van der Waals surface area contributed by atoms with Gasteiger partial charge in [-0.2, -0.15) is 0 Å². The van der Waals surface area contributed by atoms with Crippen LogP contribution in [-0.2, 0) is 19.6 Å². The molecule has 0 aliphatic carbocycles. The van der Waals surface area contributed by atoms with Gasteiger partial charge in [0.25, 0.3) is 0 Å². The third-order valence-electron chi connectivity index (χ3n) is 2.85. The first-order chi connectivity index (χ1) is 7.94. The van der Waals surface area contributed by atoms with Crippen LogP contribution in [0, 0.1) is 5.92 Å². The van der Waals surface area contributed by atoms with Gasteiger partial charge in [-0.25, -0.2) is 13.6 Å². The van der Waals surface area contributed by atoms with E-state index in [4.69, 9.17) is 9.88 Å². The van der Waals surface area contributed by atoms with Crippen molar-refractivity contribution in [1.29, 1.82) is 0 Å². The monoisotopic (exact) mass is 264 g/mol. The molecule has 7 heteroatoms. The SMILES string of the molecule is CCC1OCCC1C(=O)NCCCS(N)(=O)=O. The standard InChI is InChI=1S/C10H20N2O4S/c1-2-9-8(4-6-16-9)10(13)12-5-3-7-17(11,14)15/h8-9H,2-7H2,1H3,(H,12,13)(H2,11,14,15). The highest BCUT2D eigenvalue weighted by Gasteiger charge is 2.32. The van der Waals surface area contributed by atoms with Gasteiger partial charge < -0.3 is 10.1 Å². The van der Waals surface area contributed by atoms with Gasteiger partial charge in [-0.1, -0.05) is 6.92 Å². The maximum atomic E-state index is 11.8. The van der Waals surface area contributed by atoms with E-state index in [-0.39, 0.29) is 23.7 Å². The van der Waals surface area contributed by atoms with Gasteiger partial charge in [-0.05, 0) is 19.3 Å². The molecule has 1 heterocycles. The number of nitrogens with two attached hydrogens (primary N) is 1. The molecule has 1 saturated heterocycles. The van der Waals surface area contributed by atoms with Gasteiger partial charge in [0, 0.05) is 13.2 Å². The summed E-state index contributed by atoms with van der Waals surface area (Å²) in [6.07, 6.45) is 1.89. The van der Waals surface area contributed by atoms with Gasteiger partial charge >= 0.3 is 0 Å². The highest BCUT2D eigenvalue weighted by molar-refractivity contribution is 7.89. The number of amides is 1. The van der Waals surface area contributed by atoms with E-state index in [1.54, 1.807) is 0 Å². The maximum absolute atomic E-state index is 11.8. The minimum atomic E-state index is -3.43. The molecule has 2 atom stereocenters. The largest absolute Gasteiger partial charge is 0.377 e. The molecule has 0 saturated carbocycles. The van der Waals surface area contributed by atoms with Crippen LogP contribution in [-0.4, -0.2) is 39.3 Å². The third-order valence-corrected chi connectivity index (χ3v) is 3.71. The summed E-state index contributed by atoms with van der Waals surface area (Å²) in [5.41, 5.74) is 0. The van der Waals surface area contributed by atoms with Crippen molar-refractivity contribution in [2.45, 2.75) is 32.3 Å². The lowest BCUT2D eigenvalue weighted by atomic mass is 9.99. The molecular formula is C10H20N2O4S. The number of sulfonamides is 1. The molecule has 0 radical (unpaired) electrons. The highest BCUT2D eigenvalue weighted by atomic mass is 32.2. The first-order valence-corrected chi connectivity index (χ1v) is 7.55. The minimum absolute atomic E-state index is 0.00626. The van der Waals surface area contributed by atoms with Crippen molar-refractivity contribution in [2.75, 3.05) is 18.9 Å². The van der Waals surface area contributed by atoms with Crippen LogP contribution < -0.4 is 10.5 Å². The van der Waals surface area contributed by atoms with E-state index in [1.807, 2.05) is 6.92 Å². The van der Waals surface area contributed by atoms with Crippen molar-refractivity contribution in [2.24, 2.45) is 11.1 Å². The molecule has 0 bridgehead atoms. The van der Waals surface area contributed by atoms with Crippen LogP contribution in [0.1, 0.15) is 26.2 Å². The Morgan fingerprint density at radius 2 is 2.24 bits per heavy atom. The summed E-state index contributed by atoms with van der Waals surface area (Å²) >= 11 is 0. The lowest BCUT2D eigenvalue weighted by Gasteiger charge is -2.16. The van der Waals surface area contributed by atoms with Gasteiger partial charge in [0.1, 0.15) is 0 Å². The number of carbonyl (C=O) groups is 1. The van der Waals surface area contributed by atoms with Gasteiger partial charge in [0.2, 0.25) is 15.9 Å². The zero-order chi connectivity index (χ0) is 12.9. The molecule has 17 heavy (non-hydrogen) atoms. The first kappa shape index (κ1) is 14.4. The van der Waals surface area contributed by atoms with E-state index in [1.165, 1.54) is 0 Å². The highest BCUT2D eigenvalue weighted by Crippen LogP contribution is 2.23. The second-order valence-electron chi connectivity index (χ2n) is 4.22. The Morgan fingerprint density at radius 3 is 2.82 bits per heavy atom. The molecule has 1 aliphatic rings. The number of ether oxygens (including phenoxy) is 1. The number of hydrogen-bond acceptors (Lipinski definition) is 4. The fourth-order valence-corrected chi connectivity index (χ4v) is 2.51. The normalized spacial score (nSPS) is 24.8. The average Bonchev–Trinajstić information content (AvgIpc) is 2.70. The molecule has 1 amide bonds. The Morgan fingerprint density at radius 1 is 1.53 bits per heavy atom. The molecule has 1 rings (SSSR count). The molecule has 3 N–H and O–H groups in total. The fourth-order valence-electron chi connectivity index (χ4n) is 1.97. The van der Waals surface area contributed by atoms with Gasteiger partial charge in [0.05, 0.1) is 17.8 Å². The van der Waals surface area contributed by atoms with E-state index in [2.05, 4.69) is 5.32 Å². The number of carbonyl (C=O) groups excluding carboxylic acids is 1. The van der Waals surface area contributed by atoms with Crippen molar-refractivity contribution in [1.82, 2.24) is 5.32 Å². The summed E-state index contributed by atoms with van der Waals surface area (Å²) in [4.78, 5) is 11.8. The number of primary sulfonamides is 1. The van der Waals surface area contributed by atoms with Crippen LogP contribution in [0.2, 0.25) is 0 Å². The van der Waals surface area contributed by atoms with Crippen LogP contribution >= 0.6 is 0 Å². The minimum Gasteiger partial charge on any atom is -0.377 e. The Hall–Kier alpha value is -0.660. The van der Waals surface area contributed by atoms with E-state index in [0.717, 1.165) is 12.8 Å². The molecular weight excluding hydrogens is 244 g/mol. The van der Waals surface area contributed by atoms with Crippen molar-refractivity contribution in [3.63, 3.8) is 0 Å². The Kier molecular flexibility index (Phi) is 5.35. The van der Waals surface area contributed by atoms with Gasteiger partial charge in [-0.3, -0.25) is 4.79 Å². The smallest absolute Gasteiger partial charge is 0.225 e. The molecule has 1 fully saturated rings. The van der Waals surface area contributed by atoms with Crippen molar-refractivity contribution in [3.8, 4) is 0 Å². The summed E-state index contributed by atoms with van der Waals surface area (Å²) in [5.74, 6) is -0.260. The summed E-state index contributed by atoms with van der Waals surface area (Å²) in [5, 5.41) is 7.58. The average molecular weight is 264 g/mol. The van der Waals surface area contributed by atoms with Crippen molar-refractivity contribution < 1.29 is 17.9 Å². The van der Waals surface area contributed by atoms with Gasteiger partial charge in [0.15, 0.2) is 0 Å². The zero-order valence-corrected chi connectivity index (χ0v) is 10.8. The second kappa shape index (κ2) is 6.32. The van der Waals surface area contributed by atoms with Crippen LogP contribution in [0.4, 0.5) is 0 Å². The molecule has 0 aromatic heterocycles. The molecule has 6 nitrogen and oxygen atoms in total. The Balaban J connectivity index is 2.25. The molecule has 0 aromatic carbocycles. The number of rotatable bonds is 6. The quantitative estimate of drug-likeness (QED) is 0.637. The van der Waals surface area contributed by atoms with E-state index in [0.29, 0.717) is 19.6 Å². The summed E-state index contributed by atoms with van der Waals surface area (Å²) in [6.45, 7) is 2.94. The molecule has 0 aromatic rings. The summed E-state index contributed by atoms with van der Waals surface area (Å²) in [6, 6.07) is 0. The summed E-state index contributed by atoms with van der Waals surface area (Å²) < 4.78 is 26.8. The predicted octanol–water partition coefficient (Wildman–Crippen LogP) is -0.404. The van der Waals surface area contributed by atoms with Crippen LogP contribution in [0.5, 0.6) is 0 Å². The van der Waals surface area contributed by atoms with E-state index < -0.39 is 10.0 Å². The van der Waals surface area contributed by atoms with Crippen LogP contribution in [0.3, 0.4) is 0 Å². The molecule has 2 unspecified atom stereocenters. The van der Waals surface area contributed by atoms with Gasteiger partial charge in [-0.15, -0.1) is 0 Å². The van der Waals surface area contributed by atoms with Crippen LogP contribution in [0.15, 0.2) is 0 Å². The number of hydrogen-bond donors (Lipinski definition) is 2. The molecule has 100 valence electrons. The summed E-state index contributed by atoms with van der Waals surface area (Å²) in [7, 11) is -3.43. The Labute approximate surface area is 102 Å².